The molecule has 0 bridgehead atoms. The third-order valence-corrected chi connectivity index (χ3v) is 5.20. The Bertz CT molecular complexity index is 1020. The summed E-state index contributed by atoms with van der Waals surface area (Å²) in [5, 5.41) is 7.03. The summed E-state index contributed by atoms with van der Waals surface area (Å²) in [6, 6.07) is 11.9. The van der Waals surface area contributed by atoms with E-state index in [-0.39, 0.29) is 6.42 Å². The summed E-state index contributed by atoms with van der Waals surface area (Å²) < 4.78 is 1.54. The minimum atomic E-state index is -1.08. The van der Waals surface area contributed by atoms with Crippen LogP contribution in [0.2, 0.25) is 0 Å². The number of rotatable bonds is 7. The lowest BCUT2D eigenvalue weighted by Crippen LogP contribution is -2.47. The smallest absolute Gasteiger partial charge is 0.287 e. The predicted octanol–water partition coefficient (Wildman–Crippen LogP) is 1.85. The van der Waals surface area contributed by atoms with Crippen LogP contribution in [-0.2, 0) is 23.1 Å². The number of Topliss-reactive ketones (excluding diaryl/α,β-unsaturated/α-hetero) is 1. The van der Waals surface area contributed by atoms with Crippen LogP contribution < -0.4 is 11.1 Å². The monoisotopic (exact) mass is 396 g/mol. The number of ketones is 1. The standard InChI is InChI=1S/C20H20N4O3S/c1-12-8-9-16(28-12)17-14(11-24(2)23-17)20(27)22-15(18(25)19(21)26)10-13-6-4-3-5-7-13/h3-9,11,15H,10H2,1-2H3,(H2,21,26)(H,22,27). The highest BCUT2D eigenvalue weighted by atomic mass is 32.1. The molecule has 0 fully saturated rings. The molecule has 3 rings (SSSR count). The molecule has 8 heteroatoms. The lowest BCUT2D eigenvalue weighted by molar-refractivity contribution is -0.137. The topological polar surface area (TPSA) is 107 Å². The number of carbonyl (C=O) groups is 3. The van der Waals surface area contributed by atoms with E-state index in [1.165, 1.54) is 11.3 Å². The molecule has 2 amide bonds. The molecule has 0 aliphatic carbocycles. The van der Waals surface area contributed by atoms with Crippen molar-refractivity contribution in [3.63, 3.8) is 0 Å². The minimum absolute atomic E-state index is 0.169. The van der Waals surface area contributed by atoms with Gasteiger partial charge in [0.25, 0.3) is 11.8 Å². The summed E-state index contributed by atoms with van der Waals surface area (Å²) in [6.45, 7) is 1.97. The zero-order valence-electron chi connectivity index (χ0n) is 15.5. The summed E-state index contributed by atoms with van der Waals surface area (Å²) >= 11 is 1.52. The van der Waals surface area contributed by atoms with Gasteiger partial charge in [-0.05, 0) is 24.6 Å². The molecular formula is C20H20N4O3S. The van der Waals surface area contributed by atoms with Gasteiger partial charge in [-0.15, -0.1) is 11.3 Å². The quantitative estimate of drug-likeness (QED) is 0.594. The molecule has 3 aromatic rings. The van der Waals surface area contributed by atoms with Crippen molar-refractivity contribution >= 4 is 28.9 Å². The van der Waals surface area contributed by atoms with E-state index in [2.05, 4.69) is 10.4 Å². The number of nitrogens with zero attached hydrogens (tertiary/aromatic N) is 2. The Hall–Kier alpha value is -3.26. The number of hydrogen-bond donors (Lipinski definition) is 2. The Morgan fingerprint density at radius 2 is 1.89 bits per heavy atom. The number of hydrogen-bond acceptors (Lipinski definition) is 5. The van der Waals surface area contributed by atoms with Crippen molar-refractivity contribution in [3.8, 4) is 10.6 Å². The first kappa shape index (κ1) is 19.5. The molecule has 28 heavy (non-hydrogen) atoms. The van der Waals surface area contributed by atoms with Crippen LogP contribution in [0.15, 0.2) is 48.7 Å². The average Bonchev–Trinajstić information content (AvgIpc) is 3.26. The number of thiophene rings is 1. The minimum Gasteiger partial charge on any atom is -0.363 e. The van der Waals surface area contributed by atoms with Gasteiger partial charge >= 0.3 is 0 Å². The lowest BCUT2D eigenvalue weighted by atomic mass is 10.0. The average molecular weight is 396 g/mol. The van der Waals surface area contributed by atoms with Gasteiger partial charge < -0.3 is 11.1 Å². The molecule has 1 unspecified atom stereocenters. The van der Waals surface area contributed by atoms with E-state index in [0.717, 1.165) is 15.3 Å². The summed E-state index contributed by atoms with van der Waals surface area (Å²) in [7, 11) is 1.72. The van der Waals surface area contributed by atoms with Crippen LogP contribution in [0.3, 0.4) is 0 Å². The van der Waals surface area contributed by atoms with Crippen LogP contribution in [0.25, 0.3) is 10.6 Å². The fourth-order valence-corrected chi connectivity index (χ4v) is 3.73. The highest BCUT2D eigenvalue weighted by Crippen LogP contribution is 2.29. The van der Waals surface area contributed by atoms with Crippen molar-refractivity contribution in [1.82, 2.24) is 15.1 Å². The highest BCUT2D eigenvalue weighted by Gasteiger charge is 2.28. The van der Waals surface area contributed by atoms with Crippen LogP contribution in [0, 0.1) is 6.92 Å². The number of aromatic nitrogens is 2. The number of amides is 2. The largest absolute Gasteiger partial charge is 0.363 e. The first-order valence-corrected chi connectivity index (χ1v) is 9.45. The van der Waals surface area contributed by atoms with Crippen molar-refractivity contribution in [2.45, 2.75) is 19.4 Å². The van der Waals surface area contributed by atoms with Crippen molar-refractivity contribution in [1.29, 1.82) is 0 Å². The van der Waals surface area contributed by atoms with Crippen molar-refractivity contribution in [3.05, 3.63) is 64.7 Å². The van der Waals surface area contributed by atoms with Gasteiger partial charge in [0, 0.05) is 24.5 Å². The van der Waals surface area contributed by atoms with Gasteiger partial charge in [-0.25, -0.2) is 0 Å². The first-order valence-electron chi connectivity index (χ1n) is 8.64. The van der Waals surface area contributed by atoms with Gasteiger partial charge in [0.05, 0.1) is 10.4 Å². The molecule has 144 valence electrons. The fourth-order valence-electron chi connectivity index (χ4n) is 2.87. The zero-order chi connectivity index (χ0) is 20.3. The number of benzene rings is 1. The van der Waals surface area contributed by atoms with E-state index in [0.29, 0.717) is 11.3 Å². The number of nitrogens with two attached hydrogens (primary N) is 1. The predicted molar refractivity (Wildman–Crippen MR) is 107 cm³/mol. The number of carbonyl (C=O) groups excluding carboxylic acids is 3. The van der Waals surface area contributed by atoms with Crippen molar-refractivity contribution in [2.75, 3.05) is 0 Å². The number of primary amides is 1. The van der Waals surface area contributed by atoms with Crippen LogP contribution in [0.1, 0.15) is 20.8 Å². The summed E-state index contributed by atoms with van der Waals surface area (Å²) in [5.41, 5.74) is 6.85. The van der Waals surface area contributed by atoms with E-state index in [1.807, 2.05) is 49.4 Å². The molecule has 0 saturated carbocycles. The van der Waals surface area contributed by atoms with E-state index in [1.54, 1.807) is 17.9 Å². The molecule has 0 radical (unpaired) electrons. The molecule has 0 saturated heterocycles. The first-order chi connectivity index (χ1) is 13.3. The second-order valence-electron chi connectivity index (χ2n) is 6.42. The van der Waals surface area contributed by atoms with Gasteiger partial charge in [-0.3, -0.25) is 19.1 Å². The Morgan fingerprint density at radius 3 is 2.50 bits per heavy atom. The molecule has 7 nitrogen and oxygen atoms in total. The fraction of sp³-hybridized carbons (Fsp3) is 0.200. The molecule has 2 heterocycles. The molecule has 2 aromatic heterocycles. The van der Waals surface area contributed by atoms with Gasteiger partial charge in [0.15, 0.2) is 0 Å². The van der Waals surface area contributed by atoms with Crippen LogP contribution in [0.4, 0.5) is 0 Å². The van der Waals surface area contributed by atoms with Gasteiger partial charge in [-0.1, -0.05) is 30.3 Å². The third-order valence-electron chi connectivity index (χ3n) is 4.19. The van der Waals surface area contributed by atoms with Gasteiger partial charge in [0.2, 0.25) is 5.78 Å². The maximum absolute atomic E-state index is 12.9. The molecule has 1 aromatic carbocycles. The van der Waals surface area contributed by atoms with E-state index in [4.69, 9.17) is 5.73 Å². The number of nitrogens with one attached hydrogen (secondary N) is 1. The highest BCUT2D eigenvalue weighted by molar-refractivity contribution is 7.15. The normalized spacial score (nSPS) is 11.8. The van der Waals surface area contributed by atoms with E-state index >= 15 is 0 Å². The summed E-state index contributed by atoms with van der Waals surface area (Å²) in [4.78, 5) is 38.6. The van der Waals surface area contributed by atoms with E-state index in [9.17, 15) is 14.4 Å². The third kappa shape index (κ3) is 4.34. The molecule has 3 N–H and O–H groups in total. The maximum Gasteiger partial charge on any atom is 0.287 e. The van der Waals surface area contributed by atoms with Gasteiger partial charge in [0.1, 0.15) is 11.7 Å². The second kappa shape index (κ2) is 8.18. The number of aryl methyl sites for hydroxylation is 2. The van der Waals surface area contributed by atoms with Crippen molar-refractivity contribution in [2.24, 2.45) is 12.8 Å². The maximum atomic E-state index is 12.9. The van der Waals surface area contributed by atoms with Crippen LogP contribution >= 0.6 is 11.3 Å². The zero-order valence-corrected chi connectivity index (χ0v) is 16.3. The van der Waals surface area contributed by atoms with Crippen LogP contribution in [-0.4, -0.2) is 33.4 Å². The van der Waals surface area contributed by atoms with Crippen LogP contribution in [0.5, 0.6) is 0 Å². The SMILES string of the molecule is Cc1ccc(-c2nn(C)cc2C(=O)NC(Cc2ccccc2)C(=O)C(N)=O)s1. The Balaban J connectivity index is 1.88. The summed E-state index contributed by atoms with van der Waals surface area (Å²) in [5.74, 6) is -2.40. The summed E-state index contributed by atoms with van der Waals surface area (Å²) in [6.07, 6.45) is 1.76. The van der Waals surface area contributed by atoms with Gasteiger partial charge in [-0.2, -0.15) is 5.10 Å². The van der Waals surface area contributed by atoms with Crippen molar-refractivity contribution < 1.29 is 14.4 Å². The Labute approximate surface area is 166 Å². The molecular weight excluding hydrogens is 376 g/mol. The van der Waals surface area contributed by atoms with E-state index < -0.39 is 23.6 Å². The molecule has 0 aliphatic rings. The Morgan fingerprint density at radius 1 is 1.18 bits per heavy atom. The molecule has 0 spiro atoms. The lowest BCUT2D eigenvalue weighted by Gasteiger charge is -2.16. The molecule has 1 atom stereocenters. The Kier molecular flexibility index (Phi) is 5.70. The second-order valence-corrected chi connectivity index (χ2v) is 7.71. The molecule has 0 aliphatic heterocycles.